The molecule has 2 aromatic rings. The normalized spacial score (nSPS) is 10.8. The number of fused-ring (bicyclic) bond motifs is 1. The van der Waals surface area contributed by atoms with Gasteiger partial charge in [-0.3, -0.25) is 9.59 Å². The van der Waals surface area contributed by atoms with Gasteiger partial charge in [-0.2, -0.15) is 0 Å². The van der Waals surface area contributed by atoms with E-state index >= 15 is 0 Å². The van der Waals surface area contributed by atoms with Gasteiger partial charge >= 0.3 is 5.97 Å². The van der Waals surface area contributed by atoms with E-state index in [9.17, 15) is 9.59 Å². The molecular formula is C14H15NO3. The number of carbonyl (C=O) groups is 1. The van der Waals surface area contributed by atoms with Crippen molar-refractivity contribution in [3.05, 3.63) is 46.9 Å². The van der Waals surface area contributed by atoms with Crippen LogP contribution in [0.2, 0.25) is 0 Å². The average molecular weight is 245 g/mol. The van der Waals surface area contributed by atoms with Crippen molar-refractivity contribution in [2.24, 2.45) is 0 Å². The summed E-state index contributed by atoms with van der Waals surface area (Å²) >= 11 is 0. The van der Waals surface area contributed by atoms with Crippen molar-refractivity contribution in [2.45, 2.75) is 26.5 Å². The van der Waals surface area contributed by atoms with Crippen molar-refractivity contribution < 1.29 is 9.53 Å². The van der Waals surface area contributed by atoms with Crippen LogP contribution in [-0.4, -0.2) is 16.6 Å². The lowest BCUT2D eigenvalue weighted by molar-refractivity contribution is -0.148. The zero-order valence-corrected chi connectivity index (χ0v) is 10.4. The molecule has 1 aromatic heterocycles. The lowest BCUT2D eigenvalue weighted by Gasteiger charge is -2.09. The minimum atomic E-state index is -0.401. The largest absolute Gasteiger partial charge is 0.462 e. The molecule has 0 saturated carbocycles. The van der Waals surface area contributed by atoms with Crippen molar-refractivity contribution in [1.29, 1.82) is 0 Å². The van der Waals surface area contributed by atoms with E-state index < -0.39 is 5.97 Å². The van der Waals surface area contributed by atoms with Crippen LogP contribution in [0.4, 0.5) is 0 Å². The molecule has 1 heterocycles. The van der Waals surface area contributed by atoms with E-state index in [0.717, 1.165) is 5.39 Å². The maximum atomic E-state index is 12.1. The molecule has 4 nitrogen and oxygen atoms in total. The van der Waals surface area contributed by atoms with Crippen molar-refractivity contribution in [3.63, 3.8) is 0 Å². The molecule has 0 N–H and O–H groups in total. The van der Waals surface area contributed by atoms with E-state index in [-0.39, 0.29) is 18.2 Å². The van der Waals surface area contributed by atoms with Crippen LogP contribution in [0.25, 0.3) is 10.8 Å². The number of hydrogen-bond acceptors (Lipinski definition) is 3. The van der Waals surface area contributed by atoms with Crippen LogP contribution in [0.3, 0.4) is 0 Å². The Morgan fingerprint density at radius 3 is 2.72 bits per heavy atom. The van der Waals surface area contributed by atoms with Gasteiger partial charge < -0.3 is 9.30 Å². The second-order valence-electron chi connectivity index (χ2n) is 4.37. The van der Waals surface area contributed by atoms with E-state index in [2.05, 4.69) is 0 Å². The number of rotatable bonds is 3. The van der Waals surface area contributed by atoms with Crippen molar-refractivity contribution in [1.82, 2.24) is 4.57 Å². The third-order valence-corrected chi connectivity index (χ3v) is 2.55. The molecule has 4 heteroatoms. The van der Waals surface area contributed by atoms with Crippen LogP contribution in [0.15, 0.2) is 41.3 Å². The summed E-state index contributed by atoms with van der Waals surface area (Å²) in [5, 5.41) is 1.48. The maximum absolute atomic E-state index is 12.1. The molecule has 0 saturated heterocycles. The van der Waals surface area contributed by atoms with Crippen LogP contribution >= 0.6 is 0 Å². The van der Waals surface area contributed by atoms with Gasteiger partial charge in [0.25, 0.3) is 5.56 Å². The monoisotopic (exact) mass is 245 g/mol. The Morgan fingerprint density at radius 1 is 1.28 bits per heavy atom. The van der Waals surface area contributed by atoms with E-state index in [1.807, 2.05) is 18.2 Å². The molecule has 0 atom stereocenters. The van der Waals surface area contributed by atoms with Gasteiger partial charge in [0.2, 0.25) is 0 Å². The average Bonchev–Trinajstić information content (AvgIpc) is 2.32. The van der Waals surface area contributed by atoms with Gasteiger partial charge in [-0.15, -0.1) is 0 Å². The SMILES string of the molecule is CC(C)OC(=O)Cn1ccc2ccccc2c1=O. The van der Waals surface area contributed by atoms with Gasteiger partial charge in [-0.05, 0) is 31.4 Å². The number of nitrogens with zero attached hydrogens (tertiary/aromatic N) is 1. The topological polar surface area (TPSA) is 48.3 Å². The van der Waals surface area contributed by atoms with Crippen molar-refractivity contribution in [3.8, 4) is 0 Å². The Morgan fingerprint density at radius 2 is 2.00 bits per heavy atom. The highest BCUT2D eigenvalue weighted by atomic mass is 16.5. The molecule has 94 valence electrons. The molecular weight excluding hydrogens is 230 g/mol. The Bertz CT molecular complexity index is 628. The number of ether oxygens (including phenoxy) is 1. The quantitative estimate of drug-likeness (QED) is 0.776. The lowest BCUT2D eigenvalue weighted by Crippen LogP contribution is -2.26. The summed E-state index contributed by atoms with van der Waals surface area (Å²) in [6.07, 6.45) is 1.44. The molecule has 2 rings (SSSR count). The molecule has 0 aliphatic rings. The van der Waals surface area contributed by atoms with E-state index in [0.29, 0.717) is 5.39 Å². The highest BCUT2D eigenvalue weighted by molar-refractivity contribution is 5.81. The first kappa shape index (κ1) is 12.4. The molecule has 0 unspecified atom stereocenters. The summed E-state index contributed by atoms with van der Waals surface area (Å²) in [6.45, 7) is 3.50. The van der Waals surface area contributed by atoms with Crippen LogP contribution < -0.4 is 5.56 Å². The molecule has 0 aliphatic heterocycles. The molecule has 0 amide bonds. The van der Waals surface area contributed by atoms with E-state index in [4.69, 9.17) is 4.74 Å². The zero-order valence-electron chi connectivity index (χ0n) is 10.4. The number of carbonyl (C=O) groups excluding carboxylic acids is 1. The minimum absolute atomic E-state index is 0.0537. The smallest absolute Gasteiger partial charge is 0.326 e. The number of hydrogen-bond donors (Lipinski definition) is 0. The summed E-state index contributed by atoms with van der Waals surface area (Å²) < 4.78 is 6.39. The highest BCUT2D eigenvalue weighted by Crippen LogP contribution is 2.08. The number of benzene rings is 1. The molecule has 0 fully saturated rings. The third-order valence-electron chi connectivity index (χ3n) is 2.55. The van der Waals surface area contributed by atoms with Gasteiger partial charge in [0, 0.05) is 11.6 Å². The molecule has 0 bridgehead atoms. The van der Waals surface area contributed by atoms with Gasteiger partial charge in [0.1, 0.15) is 6.54 Å². The predicted molar refractivity (Wildman–Crippen MR) is 69.4 cm³/mol. The summed E-state index contributed by atoms with van der Waals surface area (Å²) in [6, 6.07) is 9.12. The van der Waals surface area contributed by atoms with Gasteiger partial charge in [-0.25, -0.2) is 0 Å². The first-order chi connectivity index (χ1) is 8.58. The minimum Gasteiger partial charge on any atom is -0.462 e. The highest BCUT2D eigenvalue weighted by Gasteiger charge is 2.09. The van der Waals surface area contributed by atoms with Crippen LogP contribution in [0.1, 0.15) is 13.8 Å². The number of pyridine rings is 1. The second kappa shape index (κ2) is 5.04. The number of aromatic nitrogens is 1. The number of esters is 1. The standard InChI is InChI=1S/C14H15NO3/c1-10(2)18-13(16)9-15-8-7-11-5-3-4-6-12(11)14(15)17/h3-8,10H,9H2,1-2H3. The van der Waals surface area contributed by atoms with Gasteiger partial charge in [0.05, 0.1) is 6.10 Å². The Balaban J connectivity index is 2.32. The third kappa shape index (κ3) is 2.59. The van der Waals surface area contributed by atoms with E-state index in [1.165, 1.54) is 4.57 Å². The van der Waals surface area contributed by atoms with E-state index in [1.54, 1.807) is 32.2 Å². The Hall–Kier alpha value is -2.10. The molecule has 1 aromatic carbocycles. The fourth-order valence-corrected chi connectivity index (χ4v) is 1.79. The van der Waals surface area contributed by atoms with Crippen LogP contribution in [0, 0.1) is 0 Å². The Kier molecular flexibility index (Phi) is 3.46. The summed E-state index contributed by atoms with van der Waals surface area (Å²) in [5.41, 5.74) is -0.172. The van der Waals surface area contributed by atoms with Crippen LogP contribution in [-0.2, 0) is 16.1 Å². The first-order valence-corrected chi connectivity index (χ1v) is 5.85. The van der Waals surface area contributed by atoms with Crippen LogP contribution in [0.5, 0.6) is 0 Å². The predicted octanol–water partition coefficient (Wildman–Crippen LogP) is 1.95. The lowest BCUT2D eigenvalue weighted by atomic mass is 10.2. The summed E-state index contributed by atoms with van der Waals surface area (Å²) in [4.78, 5) is 23.6. The van der Waals surface area contributed by atoms with Crippen molar-refractivity contribution >= 4 is 16.7 Å². The molecule has 0 spiro atoms. The van der Waals surface area contributed by atoms with Gasteiger partial charge in [0.15, 0.2) is 0 Å². The second-order valence-corrected chi connectivity index (χ2v) is 4.37. The Labute approximate surface area is 105 Å². The molecule has 18 heavy (non-hydrogen) atoms. The molecule has 0 radical (unpaired) electrons. The summed E-state index contributed by atoms with van der Waals surface area (Å²) in [5.74, 6) is -0.401. The first-order valence-electron chi connectivity index (χ1n) is 5.85. The fourth-order valence-electron chi connectivity index (χ4n) is 1.79. The van der Waals surface area contributed by atoms with Gasteiger partial charge in [-0.1, -0.05) is 18.2 Å². The fraction of sp³-hybridized carbons (Fsp3) is 0.286. The molecule has 0 aliphatic carbocycles. The zero-order chi connectivity index (χ0) is 13.1. The van der Waals surface area contributed by atoms with Crippen molar-refractivity contribution in [2.75, 3.05) is 0 Å². The maximum Gasteiger partial charge on any atom is 0.326 e. The summed E-state index contributed by atoms with van der Waals surface area (Å²) in [7, 11) is 0.